The molecule has 1 saturated heterocycles. The summed E-state index contributed by atoms with van der Waals surface area (Å²) in [5, 5.41) is 10.8. The van der Waals surface area contributed by atoms with E-state index in [2.05, 4.69) is 29.4 Å². The number of hydrogen-bond donors (Lipinski definition) is 2. The normalized spacial score (nSPS) is 18.4. The van der Waals surface area contributed by atoms with E-state index in [1.165, 1.54) is 6.07 Å². The Morgan fingerprint density at radius 2 is 1.94 bits per heavy atom. The molecule has 4 rings (SSSR count). The van der Waals surface area contributed by atoms with E-state index in [-0.39, 0.29) is 29.7 Å². The molecule has 0 aliphatic carbocycles. The van der Waals surface area contributed by atoms with E-state index in [4.69, 9.17) is 9.84 Å². The monoisotopic (exact) mass is 465 g/mol. The second-order valence-electron chi connectivity index (χ2n) is 8.98. The van der Waals surface area contributed by atoms with Crippen LogP contribution >= 0.6 is 0 Å². The van der Waals surface area contributed by atoms with E-state index in [9.17, 15) is 9.18 Å². The molecule has 0 spiro atoms. The van der Waals surface area contributed by atoms with Crippen LogP contribution in [0.4, 0.5) is 15.0 Å². The summed E-state index contributed by atoms with van der Waals surface area (Å²) in [6.45, 7) is 6.87. The number of nitrogens with one attached hydrogen (secondary N) is 2. The third-order valence-electron chi connectivity index (χ3n) is 6.16. The Morgan fingerprint density at radius 1 is 1.15 bits per heavy atom. The number of ether oxygens (including phenoxy) is 1. The number of amides is 2. The van der Waals surface area contributed by atoms with Crippen LogP contribution < -0.4 is 10.6 Å². The minimum Gasteiger partial charge on any atom is -0.383 e. The number of likely N-dealkylation sites (tertiary alicyclic amines) is 1. The van der Waals surface area contributed by atoms with Gasteiger partial charge in [0.1, 0.15) is 11.6 Å². The molecule has 0 radical (unpaired) electrons. The summed E-state index contributed by atoms with van der Waals surface area (Å²) in [7, 11) is 1.67. The van der Waals surface area contributed by atoms with Gasteiger partial charge in [0.25, 0.3) is 0 Å². The zero-order chi connectivity index (χ0) is 24.1. The maximum Gasteiger partial charge on any atom is 0.320 e. The highest BCUT2D eigenvalue weighted by Crippen LogP contribution is 2.28. The number of carbonyl (C=O) groups excluding carboxylic acids is 1. The Labute approximate surface area is 199 Å². The van der Waals surface area contributed by atoms with E-state index >= 15 is 0 Å². The number of hydrogen-bond acceptors (Lipinski definition) is 4. The van der Waals surface area contributed by atoms with E-state index in [1.807, 2.05) is 42.5 Å². The first-order valence-corrected chi connectivity index (χ1v) is 11.6. The molecule has 7 nitrogen and oxygen atoms in total. The Kier molecular flexibility index (Phi) is 7.59. The topological polar surface area (TPSA) is 71.4 Å². The zero-order valence-corrected chi connectivity index (χ0v) is 19.9. The molecule has 180 valence electrons. The van der Waals surface area contributed by atoms with Gasteiger partial charge in [0.05, 0.1) is 24.0 Å². The first-order valence-electron chi connectivity index (χ1n) is 11.6. The number of anilines is 1. The van der Waals surface area contributed by atoms with Gasteiger partial charge in [-0.2, -0.15) is 5.10 Å². The standard InChI is InChI=1S/C26H32FN5O2/c1-18(2)23-15-25(32(30-23)21-10-5-4-6-11-21)29-26(33)28-24-17-31(12-13-34-3)16-22(24)19-8-7-9-20(27)14-19/h4-11,14-15,18,22,24H,12-13,16-17H2,1-3H3,(H2,28,29,33)/t22-,24+/m0/s1. The summed E-state index contributed by atoms with van der Waals surface area (Å²) in [5.74, 6) is 0.520. The SMILES string of the molecule is COCCN1C[C@@H](NC(=O)Nc2cc(C(C)C)nn2-c2ccccc2)[C@H](c2cccc(F)c2)C1. The van der Waals surface area contributed by atoms with Gasteiger partial charge in [-0.1, -0.05) is 44.2 Å². The van der Waals surface area contributed by atoms with E-state index in [0.717, 1.165) is 30.0 Å². The Hall–Kier alpha value is -3.23. The van der Waals surface area contributed by atoms with Crippen molar-refractivity contribution in [3.63, 3.8) is 0 Å². The van der Waals surface area contributed by atoms with Crippen LogP contribution in [0, 0.1) is 5.82 Å². The number of halogens is 1. The molecule has 1 fully saturated rings. The van der Waals surface area contributed by atoms with Crippen molar-refractivity contribution in [3.05, 3.63) is 77.7 Å². The van der Waals surface area contributed by atoms with Crippen LogP contribution in [-0.2, 0) is 4.74 Å². The van der Waals surface area contributed by atoms with Crippen LogP contribution in [-0.4, -0.2) is 60.1 Å². The molecule has 3 aromatic rings. The van der Waals surface area contributed by atoms with Crippen LogP contribution in [0.25, 0.3) is 5.69 Å². The fourth-order valence-electron chi connectivity index (χ4n) is 4.37. The molecule has 34 heavy (non-hydrogen) atoms. The molecular weight excluding hydrogens is 433 g/mol. The lowest BCUT2D eigenvalue weighted by Gasteiger charge is -2.21. The third-order valence-corrected chi connectivity index (χ3v) is 6.16. The van der Waals surface area contributed by atoms with Crippen molar-refractivity contribution in [1.29, 1.82) is 0 Å². The molecule has 2 amide bonds. The molecule has 1 aromatic heterocycles. The van der Waals surface area contributed by atoms with Crippen LogP contribution in [0.1, 0.15) is 36.9 Å². The lowest BCUT2D eigenvalue weighted by Crippen LogP contribution is -2.42. The number of rotatable bonds is 8. The van der Waals surface area contributed by atoms with Crippen LogP contribution in [0.2, 0.25) is 0 Å². The van der Waals surface area contributed by atoms with E-state index in [0.29, 0.717) is 19.0 Å². The van der Waals surface area contributed by atoms with Gasteiger partial charge in [-0.15, -0.1) is 0 Å². The Morgan fingerprint density at radius 3 is 2.65 bits per heavy atom. The van der Waals surface area contributed by atoms with Crippen LogP contribution in [0.3, 0.4) is 0 Å². The smallest absolute Gasteiger partial charge is 0.320 e. The third kappa shape index (κ3) is 5.63. The molecule has 0 saturated carbocycles. The highest BCUT2D eigenvalue weighted by atomic mass is 19.1. The van der Waals surface area contributed by atoms with E-state index < -0.39 is 0 Å². The second-order valence-corrected chi connectivity index (χ2v) is 8.98. The predicted molar refractivity (Wildman–Crippen MR) is 131 cm³/mol. The largest absolute Gasteiger partial charge is 0.383 e. The fraction of sp³-hybridized carbons (Fsp3) is 0.385. The molecule has 2 atom stereocenters. The van der Waals surface area contributed by atoms with Gasteiger partial charge in [-0.05, 0) is 35.7 Å². The van der Waals surface area contributed by atoms with Crippen molar-refractivity contribution in [2.75, 3.05) is 38.7 Å². The quantitative estimate of drug-likeness (QED) is 0.518. The number of urea groups is 1. The lowest BCUT2D eigenvalue weighted by molar-refractivity contribution is 0.159. The van der Waals surface area contributed by atoms with Gasteiger partial charge >= 0.3 is 6.03 Å². The average molecular weight is 466 g/mol. The van der Waals surface area contributed by atoms with Gasteiger partial charge in [0, 0.05) is 38.7 Å². The lowest BCUT2D eigenvalue weighted by atomic mass is 9.94. The maximum absolute atomic E-state index is 13.9. The highest BCUT2D eigenvalue weighted by Gasteiger charge is 2.35. The number of aromatic nitrogens is 2. The first-order chi connectivity index (χ1) is 16.4. The molecule has 2 heterocycles. The van der Waals surface area contributed by atoms with Gasteiger partial charge in [0.2, 0.25) is 0 Å². The minimum atomic E-state index is -0.313. The number of carbonyl (C=O) groups is 1. The predicted octanol–water partition coefficient (Wildman–Crippen LogP) is 4.37. The average Bonchev–Trinajstić information content (AvgIpc) is 3.42. The number of benzene rings is 2. The molecule has 1 aliphatic rings. The number of para-hydroxylation sites is 1. The van der Waals surface area contributed by atoms with Gasteiger partial charge in [0.15, 0.2) is 0 Å². The van der Waals surface area contributed by atoms with Gasteiger partial charge in [-0.3, -0.25) is 10.2 Å². The van der Waals surface area contributed by atoms with Gasteiger partial charge in [-0.25, -0.2) is 13.9 Å². The Bertz CT molecular complexity index is 1100. The van der Waals surface area contributed by atoms with Crippen molar-refractivity contribution in [2.45, 2.75) is 31.7 Å². The Balaban J connectivity index is 1.53. The van der Waals surface area contributed by atoms with Crippen molar-refractivity contribution in [3.8, 4) is 5.69 Å². The van der Waals surface area contributed by atoms with Crippen LogP contribution in [0.5, 0.6) is 0 Å². The molecule has 0 unspecified atom stereocenters. The summed E-state index contributed by atoms with van der Waals surface area (Å²) in [4.78, 5) is 15.3. The molecule has 1 aliphatic heterocycles. The van der Waals surface area contributed by atoms with E-state index in [1.54, 1.807) is 23.9 Å². The van der Waals surface area contributed by atoms with Crippen LogP contribution in [0.15, 0.2) is 60.7 Å². The summed E-state index contributed by atoms with van der Waals surface area (Å²) >= 11 is 0. The fourth-order valence-corrected chi connectivity index (χ4v) is 4.37. The summed E-state index contributed by atoms with van der Waals surface area (Å²) in [6, 6.07) is 17.8. The maximum atomic E-state index is 13.9. The summed E-state index contributed by atoms with van der Waals surface area (Å²) in [6.07, 6.45) is 0. The first kappa shape index (κ1) is 23.9. The highest BCUT2D eigenvalue weighted by molar-refractivity contribution is 5.89. The summed E-state index contributed by atoms with van der Waals surface area (Å²) in [5.41, 5.74) is 2.64. The number of methoxy groups -OCH3 is 1. The molecule has 8 heteroatoms. The zero-order valence-electron chi connectivity index (χ0n) is 19.9. The summed E-state index contributed by atoms with van der Waals surface area (Å²) < 4.78 is 20.9. The van der Waals surface area contributed by atoms with Crippen molar-refractivity contribution in [1.82, 2.24) is 20.0 Å². The molecule has 2 N–H and O–H groups in total. The molecule has 0 bridgehead atoms. The second kappa shape index (κ2) is 10.8. The van der Waals surface area contributed by atoms with Crippen molar-refractivity contribution in [2.24, 2.45) is 0 Å². The van der Waals surface area contributed by atoms with Crippen molar-refractivity contribution < 1.29 is 13.9 Å². The molecular formula is C26H32FN5O2. The molecule has 2 aromatic carbocycles. The minimum absolute atomic E-state index is 0.0245. The number of nitrogens with zero attached hydrogens (tertiary/aromatic N) is 3. The van der Waals surface area contributed by atoms with Gasteiger partial charge < -0.3 is 10.1 Å². The van der Waals surface area contributed by atoms with Crippen molar-refractivity contribution >= 4 is 11.8 Å².